The van der Waals surface area contributed by atoms with Gasteiger partial charge in [0.15, 0.2) is 5.76 Å². The summed E-state index contributed by atoms with van der Waals surface area (Å²) in [5.41, 5.74) is 0.0751. The molecule has 21 heavy (non-hydrogen) atoms. The van der Waals surface area contributed by atoms with Crippen LogP contribution in [0.5, 0.6) is 0 Å². The van der Waals surface area contributed by atoms with Gasteiger partial charge >= 0.3 is 0 Å². The van der Waals surface area contributed by atoms with Crippen molar-refractivity contribution in [3.63, 3.8) is 0 Å². The molecule has 0 unspecified atom stereocenters. The van der Waals surface area contributed by atoms with Gasteiger partial charge in [-0.2, -0.15) is 11.8 Å². The normalized spacial score (nSPS) is 26.9. The van der Waals surface area contributed by atoms with E-state index in [1.165, 1.54) is 0 Å². The number of morpholine rings is 1. The Kier molecular flexibility index (Phi) is 4.57. The Morgan fingerprint density at radius 3 is 2.86 bits per heavy atom. The van der Waals surface area contributed by atoms with E-state index in [1.54, 1.807) is 6.07 Å². The van der Waals surface area contributed by atoms with Gasteiger partial charge in [-0.3, -0.25) is 9.69 Å². The molecule has 0 radical (unpaired) electrons. The van der Waals surface area contributed by atoms with E-state index in [1.807, 2.05) is 24.8 Å². The summed E-state index contributed by atoms with van der Waals surface area (Å²) in [7, 11) is 0. The van der Waals surface area contributed by atoms with Crippen molar-refractivity contribution in [2.75, 3.05) is 44.4 Å². The minimum absolute atomic E-state index is 0.0751. The van der Waals surface area contributed by atoms with E-state index in [0.717, 1.165) is 50.0 Å². The fourth-order valence-corrected chi connectivity index (χ4v) is 4.50. The number of carbonyl (C=O) groups excluding carboxylic acids is 1. The van der Waals surface area contributed by atoms with Crippen molar-refractivity contribution in [1.82, 2.24) is 10.2 Å². The van der Waals surface area contributed by atoms with Gasteiger partial charge < -0.3 is 14.5 Å². The first-order chi connectivity index (χ1) is 10.2. The first-order valence-electron chi connectivity index (χ1n) is 7.45. The highest BCUT2D eigenvalue weighted by atomic mass is 32.2. The maximum Gasteiger partial charge on any atom is 0.287 e. The molecule has 1 N–H and O–H groups in total. The monoisotopic (exact) mass is 310 g/mol. The van der Waals surface area contributed by atoms with Gasteiger partial charge in [-0.1, -0.05) is 0 Å². The van der Waals surface area contributed by atoms with Crippen molar-refractivity contribution in [2.24, 2.45) is 0 Å². The van der Waals surface area contributed by atoms with Crippen LogP contribution in [-0.4, -0.2) is 60.7 Å². The quantitative estimate of drug-likeness (QED) is 0.914. The Labute approximate surface area is 129 Å². The molecule has 116 valence electrons. The molecule has 0 aromatic carbocycles. The largest absolute Gasteiger partial charge is 0.456 e. The van der Waals surface area contributed by atoms with Crippen molar-refractivity contribution in [3.05, 3.63) is 23.7 Å². The number of carbonyl (C=O) groups is 1. The van der Waals surface area contributed by atoms with Gasteiger partial charge in [0.25, 0.3) is 5.91 Å². The predicted octanol–water partition coefficient (Wildman–Crippen LogP) is 1.53. The van der Waals surface area contributed by atoms with Crippen LogP contribution >= 0.6 is 11.8 Å². The molecule has 1 aromatic heterocycles. The molecule has 0 saturated carbocycles. The summed E-state index contributed by atoms with van der Waals surface area (Å²) in [6.07, 6.45) is 1.12. The maximum atomic E-state index is 12.2. The molecule has 2 saturated heterocycles. The first-order valence-corrected chi connectivity index (χ1v) is 8.60. The fraction of sp³-hybridized carbons (Fsp3) is 0.667. The average molecular weight is 310 g/mol. The molecule has 0 aliphatic carbocycles. The molecule has 6 heteroatoms. The number of hydrogen-bond acceptors (Lipinski definition) is 5. The van der Waals surface area contributed by atoms with E-state index < -0.39 is 0 Å². The van der Waals surface area contributed by atoms with Gasteiger partial charge in [-0.15, -0.1) is 0 Å². The van der Waals surface area contributed by atoms with Crippen molar-refractivity contribution in [3.8, 4) is 0 Å². The molecule has 0 bridgehead atoms. The summed E-state index contributed by atoms with van der Waals surface area (Å²) in [6, 6.07) is 3.55. The van der Waals surface area contributed by atoms with Gasteiger partial charge in [0.1, 0.15) is 5.76 Å². The number of amides is 1. The lowest BCUT2D eigenvalue weighted by Gasteiger charge is -2.42. The van der Waals surface area contributed by atoms with E-state index in [4.69, 9.17) is 9.15 Å². The second-order valence-corrected chi connectivity index (χ2v) is 6.82. The number of furan rings is 1. The number of hydrogen-bond donors (Lipinski definition) is 1. The molecule has 2 aliphatic heterocycles. The Morgan fingerprint density at radius 2 is 2.24 bits per heavy atom. The van der Waals surface area contributed by atoms with Crippen LogP contribution < -0.4 is 5.32 Å². The maximum absolute atomic E-state index is 12.2. The second-order valence-electron chi connectivity index (χ2n) is 5.72. The zero-order chi connectivity index (χ0) is 14.7. The fourth-order valence-electron chi connectivity index (χ4n) is 3.02. The van der Waals surface area contributed by atoms with Gasteiger partial charge in [0.05, 0.1) is 13.2 Å². The van der Waals surface area contributed by atoms with Gasteiger partial charge in [-0.25, -0.2) is 0 Å². The van der Waals surface area contributed by atoms with Crippen molar-refractivity contribution < 1.29 is 13.9 Å². The Balaban J connectivity index is 1.64. The second kappa shape index (κ2) is 6.42. The molecule has 1 atom stereocenters. The van der Waals surface area contributed by atoms with Crippen LogP contribution in [-0.2, 0) is 4.74 Å². The Morgan fingerprint density at radius 1 is 1.43 bits per heavy atom. The van der Waals surface area contributed by atoms with E-state index in [2.05, 4.69) is 10.2 Å². The Hall–Kier alpha value is -0.980. The molecule has 2 fully saturated rings. The highest BCUT2D eigenvalue weighted by Gasteiger charge is 2.41. The molecular weight excluding hydrogens is 288 g/mol. The number of nitrogens with zero attached hydrogens (tertiary/aromatic N) is 1. The minimum atomic E-state index is -0.118. The first kappa shape index (κ1) is 14.9. The topological polar surface area (TPSA) is 54.7 Å². The van der Waals surface area contributed by atoms with Crippen LogP contribution in [0.3, 0.4) is 0 Å². The van der Waals surface area contributed by atoms with Crippen LogP contribution in [0.1, 0.15) is 22.7 Å². The van der Waals surface area contributed by atoms with E-state index in [9.17, 15) is 4.79 Å². The average Bonchev–Trinajstić information content (AvgIpc) is 3.16. The molecule has 5 nitrogen and oxygen atoms in total. The number of aryl methyl sites for hydroxylation is 1. The third-order valence-corrected chi connectivity index (χ3v) is 5.54. The molecular formula is C15H22N2O3S. The molecule has 1 amide bonds. The molecule has 2 aliphatic rings. The van der Waals surface area contributed by atoms with Crippen molar-refractivity contribution in [1.29, 1.82) is 0 Å². The van der Waals surface area contributed by atoms with Crippen LogP contribution in [0.4, 0.5) is 0 Å². The summed E-state index contributed by atoms with van der Waals surface area (Å²) in [5.74, 6) is 3.28. The molecule has 1 aromatic rings. The predicted molar refractivity (Wildman–Crippen MR) is 82.8 cm³/mol. The van der Waals surface area contributed by atoms with Crippen LogP contribution in [0.15, 0.2) is 16.5 Å². The lowest BCUT2D eigenvalue weighted by atomic mass is 9.95. The Bertz CT molecular complexity index is 491. The SMILES string of the molecule is Cc1ccc(C(=O)NC[C@]2(N3CCOCC3)CCSC2)o1. The highest BCUT2D eigenvalue weighted by Crippen LogP contribution is 2.33. The summed E-state index contributed by atoms with van der Waals surface area (Å²) >= 11 is 1.97. The third kappa shape index (κ3) is 3.27. The highest BCUT2D eigenvalue weighted by molar-refractivity contribution is 7.99. The molecule has 0 spiro atoms. The zero-order valence-corrected chi connectivity index (χ0v) is 13.2. The van der Waals surface area contributed by atoms with Gasteiger partial charge in [-0.05, 0) is 31.2 Å². The van der Waals surface area contributed by atoms with E-state index in [0.29, 0.717) is 12.3 Å². The summed E-state index contributed by atoms with van der Waals surface area (Å²) in [5, 5.41) is 3.06. The van der Waals surface area contributed by atoms with Gasteiger partial charge in [0.2, 0.25) is 0 Å². The van der Waals surface area contributed by atoms with Crippen molar-refractivity contribution in [2.45, 2.75) is 18.9 Å². The lowest BCUT2D eigenvalue weighted by molar-refractivity contribution is -0.0129. The lowest BCUT2D eigenvalue weighted by Crippen LogP contribution is -2.59. The number of ether oxygens (including phenoxy) is 1. The number of nitrogens with one attached hydrogen (secondary N) is 1. The van der Waals surface area contributed by atoms with E-state index in [-0.39, 0.29) is 11.4 Å². The van der Waals surface area contributed by atoms with Gasteiger partial charge in [0, 0.05) is 30.9 Å². The zero-order valence-electron chi connectivity index (χ0n) is 12.4. The summed E-state index contributed by atoms with van der Waals surface area (Å²) in [4.78, 5) is 14.7. The summed E-state index contributed by atoms with van der Waals surface area (Å²) < 4.78 is 10.8. The van der Waals surface area contributed by atoms with Crippen molar-refractivity contribution >= 4 is 17.7 Å². The van der Waals surface area contributed by atoms with E-state index >= 15 is 0 Å². The molecule has 3 rings (SSSR count). The number of thioether (sulfide) groups is 1. The number of rotatable bonds is 4. The smallest absolute Gasteiger partial charge is 0.287 e. The van der Waals surface area contributed by atoms with Crippen LogP contribution in [0.25, 0.3) is 0 Å². The molecule has 3 heterocycles. The summed E-state index contributed by atoms with van der Waals surface area (Å²) in [6.45, 7) is 6.01. The van der Waals surface area contributed by atoms with Crippen LogP contribution in [0.2, 0.25) is 0 Å². The standard InChI is InChI=1S/C15H22N2O3S/c1-12-2-3-13(20-12)14(18)16-10-15(4-9-21-11-15)17-5-7-19-8-6-17/h2-3H,4-11H2,1H3,(H,16,18)/t15-/m1/s1. The third-order valence-electron chi connectivity index (χ3n) is 4.31. The minimum Gasteiger partial charge on any atom is -0.456 e. The van der Waals surface area contributed by atoms with Crippen LogP contribution in [0, 0.1) is 6.92 Å².